The number of rotatable bonds is 4. The predicted molar refractivity (Wildman–Crippen MR) is 119 cm³/mol. The molecule has 8 nitrogen and oxygen atoms in total. The Kier molecular flexibility index (Phi) is 4.38. The van der Waals surface area contributed by atoms with Crippen LogP contribution in [0.25, 0.3) is 11.4 Å². The van der Waals surface area contributed by atoms with Crippen LogP contribution in [0.2, 0.25) is 0 Å². The normalized spacial score (nSPS) is 20.0. The fraction of sp³-hybridized carbons (Fsp3) is 0.429. The van der Waals surface area contributed by atoms with Crippen molar-refractivity contribution < 1.29 is 13.2 Å². The van der Waals surface area contributed by atoms with Gasteiger partial charge < -0.3 is 9.64 Å². The van der Waals surface area contributed by atoms with Crippen LogP contribution >= 0.6 is 11.3 Å². The van der Waals surface area contributed by atoms with E-state index in [9.17, 15) is 8.42 Å². The van der Waals surface area contributed by atoms with Crippen LogP contribution in [0.4, 0.5) is 5.00 Å². The molecule has 1 fully saturated rings. The lowest BCUT2D eigenvalue weighted by Crippen LogP contribution is -2.54. The summed E-state index contributed by atoms with van der Waals surface area (Å²) in [7, 11) is -1.14. The smallest absolute Gasteiger partial charge is 0.163 e. The number of hydrogen-bond acceptors (Lipinski definition) is 8. The van der Waals surface area contributed by atoms with Crippen molar-refractivity contribution in [3.8, 4) is 17.1 Å². The molecule has 2 aromatic heterocycles. The van der Waals surface area contributed by atoms with Crippen molar-refractivity contribution in [2.75, 3.05) is 30.1 Å². The van der Waals surface area contributed by atoms with E-state index in [1.807, 2.05) is 28.2 Å². The van der Waals surface area contributed by atoms with Gasteiger partial charge in [0.15, 0.2) is 15.7 Å². The molecule has 162 valence electrons. The highest BCUT2D eigenvalue weighted by atomic mass is 32.2. The Balaban J connectivity index is 1.33. The molecule has 5 heterocycles. The third kappa shape index (κ3) is 3.24. The summed E-state index contributed by atoms with van der Waals surface area (Å²) in [5.74, 6) is 2.39. The van der Waals surface area contributed by atoms with Crippen LogP contribution in [0, 0.1) is 0 Å². The monoisotopic (exact) mass is 457 g/mol. The van der Waals surface area contributed by atoms with E-state index in [0.29, 0.717) is 18.2 Å². The Morgan fingerprint density at radius 3 is 2.77 bits per heavy atom. The first kappa shape index (κ1) is 19.3. The van der Waals surface area contributed by atoms with Crippen molar-refractivity contribution in [1.29, 1.82) is 0 Å². The number of thiophene rings is 1. The fourth-order valence-electron chi connectivity index (χ4n) is 4.78. The highest BCUT2D eigenvalue weighted by Crippen LogP contribution is 2.47. The summed E-state index contributed by atoms with van der Waals surface area (Å²) in [6.07, 6.45) is 2.55. The second-order valence-electron chi connectivity index (χ2n) is 8.41. The number of sulfone groups is 1. The molecule has 0 amide bonds. The largest absolute Gasteiger partial charge is 0.497 e. The lowest BCUT2D eigenvalue weighted by Gasteiger charge is -2.39. The van der Waals surface area contributed by atoms with Crippen molar-refractivity contribution >= 4 is 26.2 Å². The van der Waals surface area contributed by atoms with Crippen LogP contribution in [-0.2, 0) is 36.0 Å². The molecule has 1 saturated heterocycles. The molecule has 0 unspecified atom stereocenters. The first-order valence-electron chi connectivity index (χ1n) is 10.4. The average Bonchev–Trinajstić information content (AvgIpc) is 3.36. The van der Waals surface area contributed by atoms with Crippen molar-refractivity contribution in [3.05, 3.63) is 46.6 Å². The van der Waals surface area contributed by atoms with Gasteiger partial charge in [0.1, 0.15) is 23.7 Å². The molecule has 0 aliphatic carbocycles. The fourth-order valence-corrected chi connectivity index (χ4v) is 7.64. The highest BCUT2D eigenvalue weighted by Gasteiger charge is 2.40. The number of nitrogens with zero attached hydrogens (tertiary/aromatic N) is 5. The lowest BCUT2D eigenvalue weighted by molar-refractivity contribution is 0.198. The average molecular weight is 458 g/mol. The molecule has 6 rings (SSSR count). The molecule has 31 heavy (non-hydrogen) atoms. The minimum Gasteiger partial charge on any atom is -0.497 e. The van der Waals surface area contributed by atoms with E-state index in [-0.39, 0.29) is 6.04 Å². The molecule has 0 bridgehead atoms. The molecule has 3 aromatic rings. The van der Waals surface area contributed by atoms with Crippen molar-refractivity contribution in [1.82, 2.24) is 19.7 Å². The molecule has 1 aromatic carbocycles. The molecule has 0 N–H and O–H groups in total. The maximum Gasteiger partial charge on any atom is 0.163 e. The van der Waals surface area contributed by atoms with Gasteiger partial charge in [-0.2, -0.15) is 5.10 Å². The van der Waals surface area contributed by atoms with E-state index in [4.69, 9.17) is 4.74 Å². The maximum atomic E-state index is 11.7. The van der Waals surface area contributed by atoms with E-state index >= 15 is 0 Å². The molecule has 0 saturated carbocycles. The molecule has 3 aliphatic heterocycles. The molecule has 3 aliphatic rings. The lowest BCUT2D eigenvalue weighted by atomic mass is 10.0. The first-order chi connectivity index (χ1) is 15.0. The Morgan fingerprint density at radius 2 is 2.03 bits per heavy atom. The Labute approximate surface area is 185 Å². The van der Waals surface area contributed by atoms with Gasteiger partial charge in [-0.15, -0.1) is 11.3 Å². The van der Waals surface area contributed by atoms with E-state index in [2.05, 4.69) is 32.0 Å². The van der Waals surface area contributed by atoms with Crippen molar-refractivity contribution in [2.45, 2.75) is 32.2 Å². The number of fused-ring (bicyclic) bond motifs is 5. The van der Waals surface area contributed by atoms with E-state index in [0.717, 1.165) is 37.6 Å². The molecule has 0 radical (unpaired) electrons. The number of anilines is 1. The minimum absolute atomic E-state index is 0.163. The van der Waals surface area contributed by atoms with Crippen LogP contribution in [-0.4, -0.2) is 59.3 Å². The van der Waals surface area contributed by atoms with Crippen molar-refractivity contribution in [3.63, 3.8) is 0 Å². The van der Waals surface area contributed by atoms with Gasteiger partial charge in [-0.3, -0.25) is 4.90 Å². The summed E-state index contributed by atoms with van der Waals surface area (Å²) in [5, 5.41) is 5.70. The Bertz CT molecular complexity index is 1240. The Morgan fingerprint density at radius 1 is 1.23 bits per heavy atom. The summed E-state index contributed by atoms with van der Waals surface area (Å²) in [4.78, 5) is 10.6. The van der Waals surface area contributed by atoms with Crippen LogP contribution < -0.4 is 9.64 Å². The van der Waals surface area contributed by atoms with Gasteiger partial charge in [0.25, 0.3) is 0 Å². The van der Waals surface area contributed by atoms with Gasteiger partial charge in [0.05, 0.1) is 24.2 Å². The predicted octanol–water partition coefficient (Wildman–Crippen LogP) is 2.15. The minimum atomic E-state index is -2.82. The van der Waals surface area contributed by atoms with Crippen LogP contribution in [0.5, 0.6) is 5.75 Å². The summed E-state index contributed by atoms with van der Waals surface area (Å²) >= 11 is 1.82. The van der Waals surface area contributed by atoms with Gasteiger partial charge in [-0.05, 0) is 29.7 Å². The molecular weight excluding hydrogens is 434 g/mol. The standard InChI is InChI=1S/C21H23N5O3S2/c1-29-16-4-2-14(3-5-16)8-25-13-26-20(22-12-23-26)19-17-6-7-24(9-18(17)30-21(19)25)15-10-31(27,28)11-15/h2-5,12,15H,6-11,13H2,1H3. The third-order valence-corrected chi connectivity index (χ3v) is 9.50. The molecule has 10 heteroatoms. The van der Waals surface area contributed by atoms with E-state index < -0.39 is 9.84 Å². The van der Waals surface area contributed by atoms with E-state index in [1.165, 1.54) is 26.6 Å². The van der Waals surface area contributed by atoms with Crippen LogP contribution in [0.3, 0.4) is 0 Å². The number of ether oxygens (including phenoxy) is 1. The number of benzene rings is 1. The zero-order valence-electron chi connectivity index (χ0n) is 17.2. The van der Waals surface area contributed by atoms with E-state index in [1.54, 1.807) is 13.4 Å². The zero-order valence-corrected chi connectivity index (χ0v) is 18.8. The van der Waals surface area contributed by atoms with Crippen LogP contribution in [0.15, 0.2) is 30.6 Å². The number of hydrogen-bond donors (Lipinski definition) is 0. The summed E-state index contributed by atoms with van der Waals surface area (Å²) in [6.45, 7) is 3.15. The van der Waals surface area contributed by atoms with Gasteiger partial charge >= 0.3 is 0 Å². The van der Waals surface area contributed by atoms with Gasteiger partial charge in [0, 0.05) is 30.6 Å². The second kappa shape index (κ2) is 7.04. The zero-order chi connectivity index (χ0) is 21.2. The first-order valence-corrected chi connectivity index (χ1v) is 13.0. The summed E-state index contributed by atoms with van der Waals surface area (Å²) in [6, 6.07) is 8.34. The SMILES string of the molecule is COc1ccc(CN2Cn3ncnc3-c3c2sc2c3CCN(C3CS(=O)(=O)C3)C2)cc1. The summed E-state index contributed by atoms with van der Waals surface area (Å²) < 4.78 is 30.6. The van der Waals surface area contributed by atoms with Gasteiger partial charge in [-0.1, -0.05) is 12.1 Å². The van der Waals surface area contributed by atoms with Gasteiger partial charge in [-0.25, -0.2) is 18.1 Å². The maximum absolute atomic E-state index is 11.7. The molecular formula is C21H23N5O3S2. The number of aromatic nitrogens is 3. The van der Waals surface area contributed by atoms with Crippen LogP contribution in [0.1, 0.15) is 16.0 Å². The summed E-state index contributed by atoms with van der Waals surface area (Å²) in [5.41, 5.74) is 3.77. The third-order valence-electron chi connectivity index (χ3n) is 6.44. The quantitative estimate of drug-likeness (QED) is 0.594. The van der Waals surface area contributed by atoms with Gasteiger partial charge in [0.2, 0.25) is 0 Å². The topological polar surface area (TPSA) is 80.6 Å². The second-order valence-corrected chi connectivity index (χ2v) is 11.6. The number of methoxy groups -OCH3 is 1. The Hall–Kier alpha value is -2.43. The van der Waals surface area contributed by atoms with Crippen molar-refractivity contribution in [2.24, 2.45) is 0 Å². The molecule has 0 spiro atoms. The highest BCUT2D eigenvalue weighted by molar-refractivity contribution is 7.92. The molecule has 0 atom stereocenters.